The van der Waals surface area contributed by atoms with Crippen LogP contribution in [-0.2, 0) is 17.9 Å². The first-order valence-corrected chi connectivity index (χ1v) is 7.39. The first kappa shape index (κ1) is 15.7. The summed E-state index contributed by atoms with van der Waals surface area (Å²) in [5.74, 6) is 0.654. The molecule has 0 aliphatic heterocycles. The number of aromatic nitrogens is 4. The molecule has 1 N–H and O–H groups in total. The Hall–Kier alpha value is -3.16. The number of methoxy groups -OCH3 is 1. The van der Waals surface area contributed by atoms with Crippen molar-refractivity contribution in [1.29, 1.82) is 0 Å². The van der Waals surface area contributed by atoms with E-state index in [4.69, 9.17) is 4.74 Å². The normalized spacial score (nSPS) is 10.8. The molecule has 0 saturated carbocycles. The van der Waals surface area contributed by atoms with Crippen LogP contribution in [-0.4, -0.2) is 32.2 Å². The quantitative estimate of drug-likeness (QED) is 0.738. The van der Waals surface area contributed by atoms with Gasteiger partial charge in [-0.2, -0.15) is 0 Å². The van der Waals surface area contributed by atoms with Gasteiger partial charge in [0, 0.05) is 18.0 Å². The maximum Gasteiger partial charge on any atom is 0.240 e. The summed E-state index contributed by atoms with van der Waals surface area (Å²) in [6.45, 7) is 2.11. The molecule has 1 amide bonds. The molecule has 3 aromatic rings. The van der Waals surface area contributed by atoms with Crippen molar-refractivity contribution in [3.8, 4) is 5.75 Å². The molecule has 0 saturated heterocycles. The van der Waals surface area contributed by atoms with E-state index in [0.717, 1.165) is 5.65 Å². The largest absolute Gasteiger partial charge is 0.491 e. The van der Waals surface area contributed by atoms with Crippen molar-refractivity contribution >= 4 is 11.6 Å². The molecule has 3 aromatic heterocycles. The summed E-state index contributed by atoms with van der Waals surface area (Å²) in [7, 11) is 1.42. The highest BCUT2D eigenvalue weighted by Crippen LogP contribution is 2.06. The van der Waals surface area contributed by atoms with Gasteiger partial charge in [0.1, 0.15) is 6.54 Å². The summed E-state index contributed by atoms with van der Waals surface area (Å²) in [4.78, 5) is 23.8. The van der Waals surface area contributed by atoms with E-state index in [9.17, 15) is 9.59 Å². The van der Waals surface area contributed by atoms with Crippen molar-refractivity contribution in [2.24, 2.45) is 0 Å². The lowest BCUT2D eigenvalue weighted by Crippen LogP contribution is -2.29. The van der Waals surface area contributed by atoms with Crippen LogP contribution < -0.4 is 15.5 Å². The van der Waals surface area contributed by atoms with Crippen LogP contribution in [0.5, 0.6) is 5.75 Å². The van der Waals surface area contributed by atoms with Gasteiger partial charge in [-0.15, -0.1) is 10.2 Å². The highest BCUT2D eigenvalue weighted by molar-refractivity contribution is 5.75. The number of aryl methyl sites for hydroxylation is 1. The van der Waals surface area contributed by atoms with Gasteiger partial charge in [0.25, 0.3) is 0 Å². The molecule has 0 bridgehead atoms. The molecular formula is C16H17N5O3. The standard InChI is InChI=1S/C16H17N5O3/c1-11-7-12(22)13(24-2)9-20(11)10-16(23)17-8-15-19-18-14-5-3-4-6-21(14)15/h3-7,9H,8,10H2,1-2H3,(H,17,23). The number of nitrogens with one attached hydrogen (secondary N) is 1. The number of ether oxygens (including phenoxy) is 1. The van der Waals surface area contributed by atoms with E-state index in [-0.39, 0.29) is 30.2 Å². The molecular weight excluding hydrogens is 310 g/mol. The Morgan fingerprint density at radius 1 is 1.33 bits per heavy atom. The molecule has 124 valence electrons. The predicted octanol–water partition coefficient (Wildman–Crippen LogP) is 0.524. The number of hydrogen-bond acceptors (Lipinski definition) is 5. The molecule has 3 heterocycles. The van der Waals surface area contributed by atoms with E-state index in [1.807, 2.05) is 28.8 Å². The van der Waals surface area contributed by atoms with Crippen LogP contribution in [0.2, 0.25) is 0 Å². The van der Waals surface area contributed by atoms with Gasteiger partial charge >= 0.3 is 0 Å². The van der Waals surface area contributed by atoms with Gasteiger partial charge < -0.3 is 14.6 Å². The Bertz CT molecular complexity index is 944. The van der Waals surface area contributed by atoms with Gasteiger partial charge in [0.15, 0.2) is 17.2 Å². The topological polar surface area (TPSA) is 90.5 Å². The van der Waals surface area contributed by atoms with Crippen LogP contribution in [0.3, 0.4) is 0 Å². The van der Waals surface area contributed by atoms with Gasteiger partial charge in [0.2, 0.25) is 11.3 Å². The first-order valence-electron chi connectivity index (χ1n) is 7.39. The zero-order valence-corrected chi connectivity index (χ0v) is 13.4. The molecule has 3 rings (SSSR count). The molecule has 24 heavy (non-hydrogen) atoms. The smallest absolute Gasteiger partial charge is 0.240 e. The van der Waals surface area contributed by atoms with Crippen molar-refractivity contribution in [2.45, 2.75) is 20.0 Å². The lowest BCUT2D eigenvalue weighted by molar-refractivity contribution is -0.121. The summed E-state index contributed by atoms with van der Waals surface area (Å²) >= 11 is 0. The summed E-state index contributed by atoms with van der Waals surface area (Å²) in [6, 6.07) is 7.03. The lowest BCUT2D eigenvalue weighted by atomic mass is 10.3. The number of hydrogen-bond donors (Lipinski definition) is 1. The van der Waals surface area contributed by atoms with E-state index in [1.54, 1.807) is 11.5 Å². The van der Waals surface area contributed by atoms with Crippen LogP contribution in [0.4, 0.5) is 0 Å². The van der Waals surface area contributed by atoms with E-state index < -0.39 is 0 Å². The zero-order valence-electron chi connectivity index (χ0n) is 13.4. The number of carbonyl (C=O) groups excluding carboxylic acids is 1. The van der Waals surface area contributed by atoms with Gasteiger partial charge in [-0.25, -0.2) is 0 Å². The third-order valence-corrected chi connectivity index (χ3v) is 3.67. The Kier molecular flexibility index (Phi) is 4.28. The van der Waals surface area contributed by atoms with Crippen LogP contribution in [0.1, 0.15) is 11.5 Å². The van der Waals surface area contributed by atoms with Crippen molar-refractivity contribution in [1.82, 2.24) is 24.5 Å². The number of fused-ring (bicyclic) bond motifs is 1. The van der Waals surface area contributed by atoms with Crippen LogP contribution in [0.25, 0.3) is 5.65 Å². The second-order valence-corrected chi connectivity index (χ2v) is 5.30. The summed E-state index contributed by atoms with van der Waals surface area (Å²) in [5.41, 5.74) is 1.20. The van der Waals surface area contributed by atoms with E-state index in [2.05, 4.69) is 15.5 Å². The van der Waals surface area contributed by atoms with Crippen LogP contribution in [0, 0.1) is 6.92 Å². The van der Waals surface area contributed by atoms with E-state index in [0.29, 0.717) is 11.5 Å². The number of pyridine rings is 2. The minimum Gasteiger partial charge on any atom is -0.491 e. The number of carbonyl (C=O) groups is 1. The molecule has 0 aliphatic carbocycles. The molecule has 0 spiro atoms. The number of rotatable bonds is 5. The minimum atomic E-state index is -0.207. The predicted molar refractivity (Wildman–Crippen MR) is 86.8 cm³/mol. The molecule has 0 atom stereocenters. The number of amides is 1. The Balaban J connectivity index is 1.69. The molecule has 0 unspecified atom stereocenters. The fourth-order valence-electron chi connectivity index (χ4n) is 2.37. The summed E-state index contributed by atoms with van der Waals surface area (Å²) in [6.07, 6.45) is 3.37. The van der Waals surface area contributed by atoms with Crippen molar-refractivity contribution < 1.29 is 9.53 Å². The second-order valence-electron chi connectivity index (χ2n) is 5.30. The fourth-order valence-corrected chi connectivity index (χ4v) is 2.37. The van der Waals surface area contributed by atoms with Crippen molar-refractivity contribution in [3.63, 3.8) is 0 Å². The van der Waals surface area contributed by atoms with Gasteiger partial charge in [0.05, 0.1) is 19.9 Å². The summed E-state index contributed by atoms with van der Waals surface area (Å²) < 4.78 is 8.48. The van der Waals surface area contributed by atoms with Crippen molar-refractivity contribution in [3.05, 3.63) is 58.4 Å². The third kappa shape index (κ3) is 3.12. The van der Waals surface area contributed by atoms with E-state index >= 15 is 0 Å². The van der Waals surface area contributed by atoms with Crippen LogP contribution in [0.15, 0.2) is 41.5 Å². The van der Waals surface area contributed by atoms with Crippen LogP contribution >= 0.6 is 0 Å². The highest BCUT2D eigenvalue weighted by Gasteiger charge is 2.10. The van der Waals surface area contributed by atoms with E-state index in [1.165, 1.54) is 19.4 Å². The SMILES string of the molecule is COc1cn(CC(=O)NCc2nnc3ccccn23)c(C)cc1=O. The van der Waals surface area contributed by atoms with Gasteiger partial charge in [-0.1, -0.05) is 6.07 Å². The average Bonchev–Trinajstić information content (AvgIpc) is 2.99. The minimum absolute atomic E-state index is 0.0825. The fraction of sp³-hybridized carbons (Fsp3) is 0.250. The second kappa shape index (κ2) is 6.53. The maximum absolute atomic E-state index is 12.2. The Labute approximate surface area is 137 Å². The Morgan fingerprint density at radius 3 is 2.96 bits per heavy atom. The maximum atomic E-state index is 12.2. The average molecular weight is 327 g/mol. The molecule has 0 aliphatic rings. The third-order valence-electron chi connectivity index (χ3n) is 3.67. The molecule has 0 aromatic carbocycles. The summed E-state index contributed by atoms with van der Waals surface area (Å²) in [5, 5.41) is 10.9. The highest BCUT2D eigenvalue weighted by atomic mass is 16.5. The monoisotopic (exact) mass is 327 g/mol. The van der Waals surface area contributed by atoms with Gasteiger partial charge in [-0.05, 0) is 19.1 Å². The lowest BCUT2D eigenvalue weighted by Gasteiger charge is -2.12. The van der Waals surface area contributed by atoms with Crippen molar-refractivity contribution in [2.75, 3.05) is 7.11 Å². The molecule has 8 heteroatoms. The molecule has 0 radical (unpaired) electrons. The Morgan fingerprint density at radius 2 is 2.17 bits per heavy atom. The van der Waals surface area contributed by atoms with Gasteiger partial charge in [-0.3, -0.25) is 14.0 Å². The zero-order chi connectivity index (χ0) is 17.1. The molecule has 8 nitrogen and oxygen atoms in total. The molecule has 0 fully saturated rings. The number of nitrogens with zero attached hydrogens (tertiary/aromatic N) is 4. The first-order chi connectivity index (χ1) is 11.6.